The number of amides is 2. The van der Waals surface area contributed by atoms with Crippen molar-refractivity contribution in [3.8, 4) is 0 Å². The number of ether oxygens (including phenoxy) is 3. The number of hydrogen-bond donors (Lipinski definition) is 1. The van der Waals surface area contributed by atoms with Gasteiger partial charge in [0.1, 0.15) is 30.3 Å². The average molecular weight is 624 g/mol. The van der Waals surface area contributed by atoms with Crippen LogP contribution in [0.25, 0.3) is 0 Å². The van der Waals surface area contributed by atoms with E-state index in [4.69, 9.17) is 14.2 Å². The number of carbonyl (C=O) groups excluding carboxylic acids is 4. The standard InChI is InChI=1S/C35H29NO8S/c1-21-16-18-24(19-17-21)45-35-28(36-31(38)25-14-8-9-15-26(25)32(36)39)30(44-34(41)23-12-6-3-7-13-23)29(37)27(43-35)20-42-33(40)22-10-4-2-5-11-22/h2-19,27-30,35,37H,20H2,1H3/t27-,28-,29-,30-,35+/m1/s1. The van der Waals surface area contributed by atoms with Crippen molar-refractivity contribution >= 4 is 35.5 Å². The van der Waals surface area contributed by atoms with Crippen molar-refractivity contribution in [2.45, 2.75) is 41.6 Å². The SMILES string of the molecule is Cc1ccc(S[C@@H]2O[C@H](COC(=O)c3ccccc3)[C@@H](O)[C@H](OC(=O)c3ccccc3)[C@H]2N2C(=O)c3ccccc3C2=O)cc1. The smallest absolute Gasteiger partial charge is 0.338 e. The molecule has 0 aromatic heterocycles. The van der Waals surface area contributed by atoms with Gasteiger partial charge < -0.3 is 19.3 Å². The molecule has 2 aliphatic heterocycles. The molecule has 0 saturated carbocycles. The fraction of sp³-hybridized carbons (Fsp3) is 0.200. The van der Waals surface area contributed by atoms with E-state index in [1.165, 1.54) is 11.8 Å². The molecule has 228 valence electrons. The summed E-state index contributed by atoms with van der Waals surface area (Å²) in [6.07, 6.45) is -4.18. The van der Waals surface area contributed by atoms with E-state index in [0.29, 0.717) is 5.56 Å². The zero-order chi connectivity index (χ0) is 31.5. The average Bonchev–Trinajstić information content (AvgIpc) is 3.32. The fourth-order valence-electron chi connectivity index (χ4n) is 5.36. The van der Waals surface area contributed by atoms with Crippen LogP contribution < -0.4 is 0 Å². The Bertz CT molecular complexity index is 1680. The van der Waals surface area contributed by atoms with E-state index in [1.807, 2.05) is 31.2 Å². The number of hydrogen-bond acceptors (Lipinski definition) is 9. The molecular formula is C35H29NO8S. The van der Waals surface area contributed by atoms with Crippen molar-refractivity contribution in [3.05, 3.63) is 137 Å². The zero-order valence-electron chi connectivity index (χ0n) is 24.1. The van der Waals surface area contributed by atoms with Crippen molar-refractivity contribution in [2.24, 2.45) is 0 Å². The third kappa shape index (κ3) is 6.26. The summed E-state index contributed by atoms with van der Waals surface area (Å²) in [4.78, 5) is 55.5. The molecule has 45 heavy (non-hydrogen) atoms. The largest absolute Gasteiger partial charge is 0.459 e. The first-order valence-electron chi connectivity index (χ1n) is 14.3. The molecule has 5 atom stereocenters. The molecule has 10 heteroatoms. The summed E-state index contributed by atoms with van der Waals surface area (Å²) in [6, 6.07) is 29.3. The predicted molar refractivity (Wildman–Crippen MR) is 165 cm³/mol. The highest BCUT2D eigenvalue weighted by molar-refractivity contribution is 7.99. The van der Waals surface area contributed by atoms with Gasteiger partial charge in [-0.3, -0.25) is 14.5 Å². The monoisotopic (exact) mass is 623 g/mol. The third-order valence-corrected chi connectivity index (χ3v) is 8.85. The van der Waals surface area contributed by atoms with Crippen LogP contribution >= 0.6 is 11.8 Å². The van der Waals surface area contributed by atoms with Crippen LogP contribution in [0.15, 0.2) is 114 Å². The van der Waals surface area contributed by atoms with Crippen molar-refractivity contribution in [3.63, 3.8) is 0 Å². The Balaban J connectivity index is 1.38. The quantitative estimate of drug-likeness (QED) is 0.215. The summed E-state index contributed by atoms with van der Waals surface area (Å²) in [5.41, 5.74) is 0.923. The first-order valence-corrected chi connectivity index (χ1v) is 15.2. The maximum absolute atomic E-state index is 13.8. The molecule has 1 saturated heterocycles. The molecular weight excluding hydrogens is 594 g/mol. The normalized spacial score (nSPS) is 22.5. The van der Waals surface area contributed by atoms with Crippen LogP contribution in [-0.4, -0.2) is 70.2 Å². The van der Waals surface area contributed by atoms with E-state index in [2.05, 4.69) is 0 Å². The molecule has 6 rings (SSSR count). The third-order valence-electron chi connectivity index (χ3n) is 7.68. The van der Waals surface area contributed by atoms with Gasteiger partial charge in [-0.05, 0) is 55.5 Å². The van der Waals surface area contributed by atoms with Gasteiger partial charge in [0.2, 0.25) is 0 Å². The van der Waals surface area contributed by atoms with Crippen LogP contribution in [0.3, 0.4) is 0 Å². The summed E-state index contributed by atoms with van der Waals surface area (Å²) in [5.74, 6) is -2.59. The van der Waals surface area contributed by atoms with Crippen molar-refractivity contribution in [1.29, 1.82) is 0 Å². The van der Waals surface area contributed by atoms with Gasteiger partial charge in [-0.1, -0.05) is 78.0 Å². The highest BCUT2D eigenvalue weighted by Gasteiger charge is 2.55. The molecule has 0 bridgehead atoms. The number of aliphatic hydroxyl groups is 1. The van der Waals surface area contributed by atoms with Gasteiger partial charge >= 0.3 is 11.9 Å². The van der Waals surface area contributed by atoms with Crippen LogP contribution in [0.1, 0.15) is 47.0 Å². The number of nitrogens with zero attached hydrogens (tertiary/aromatic N) is 1. The summed E-state index contributed by atoms with van der Waals surface area (Å²) in [5, 5.41) is 11.7. The lowest BCUT2D eigenvalue weighted by atomic mass is 9.96. The van der Waals surface area contributed by atoms with E-state index < -0.39 is 53.5 Å². The van der Waals surface area contributed by atoms with Crippen molar-refractivity contribution in [2.75, 3.05) is 6.61 Å². The van der Waals surface area contributed by atoms with E-state index in [9.17, 15) is 24.3 Å². The highest BCUT2D eigenvalue weighted by atomic mass is 32.2. The number of fused-ring (bicyclic) bond motifs is 1. The number of thioether (sulfide) groups is 1. The number of imide groups is 1. The lowest BCUT2D eigenvalue weighted by molar-refractivity contribution is -0.183. The van der Waals surface area contributed by atoms with Crippen molar-refractivity contribution < 1.29 is 38.5 Å². The van der Waals surface area contributed by atoms with Gasteiger partial charge in [0.25, 0.3) is 11.8 Å². The molecule has 0 unspecified atom stereocenters. The lowest BCUT2D eigenvalue weighted by Gasteiger charge is -2.46. The number of rotatable bonds is 8. The minimum Gasteiger partial charge on any atom is -0.459 e. The zero-order valence-corrected chi connectivity index (χ0v) is 25.0. The van der Waals surface area contributed by atoms with E-state index in [-0.39, 0.29) is 23.3 Å². The molecule has 0 aliphatic carbocycles. The fourth-order valence-corrected chi connectivity index (χ4v) is 6.53. The van der Waals surface area contributed by atoms with Crippen LogP contribution in [0.5, 0.6) is 0 Å². The Labute approximate surface area is 263 Å². The molecule has 4 aromatic rings. The Morgan fingerprint density at radius 3 is 1.89 bits per heavy atom. The Morgan fingerprint density at radius 2 is 1.31 bits per heavy atom. The van der Waals surface area contributed by atoms with Gasteiger partial charge in [-0.2, -0.15) is 0 Å². The minimum atomic E-state index is -1.58. The Hall–Kier alpha value is -4.77. The van der Waals surface area contributed by atoms with Gasteiger partial charge in [-0.25, -0.2) is 9.59 Å². The lowest BCUT2D eigenvalue weighted by Crippen LogP contribution is -2.65. The Kier molecular flexibility index (Phi) is 8.79. The second-order valence-electron chi connectivity index (χ2n) is 10.7. The minimum absolute atomic E-state index is 0.197. The maximum atomic E-state index is 13.8. The molecule has 1 fully saturated rings. The van der Waals surface area contributed by atoms with Crippen molar-refractivity contribution in [1.82, 2.24) is 4.90 Å². The van der Waals surface area contributed by atoms with Gasteiger partial charge in [-0.15, -0.1) is 0 Å². The predicted octanol–water partition coefficient (Wildman–Crippen LogP) is 4.92. The number of aryl methyl sites for hydroxylation is 1. The van der Waals surface area contributed by atoms with Crippen LogP contribution in [0.4, 0.5) is 0 Å². The first-order chi connectivity index (χ1) is 21.8. The summed E-state index contributed by atoms with van der Waals surface area (Å²) in [6.45, 7) is 1.56. The molecule has 2 amide bonds. The first kappa shape index (κ1) is 30.3. The molecule has 0 spiro atoms. The highest BCUT2D eigenvalue weighted by Crippen LogP contribution is 2.40. The summed E-state index contributed by atoms with van der Waals surface area (Å²) >= 11 is 1.20. The topological polar surface area (TPSA) is 119 Å². The van der Waals surface area contributed by atoms with Crippen LogP contribution in [-0.2, 0) is 14.2 Å². The second-order valence-corrected chi connectivity index (χ2v) is 11.9. The summed E-state index contributed by atoms with van der Waals surface area (Å²) in [7, 11) is 0. The second kappa shape index (κ2) is 13.1. The molecule has 1 N–H and O–H groups in total. The summed E-state index contributed by atoms with van der Waals surface area (Å²) < 4.78 is 17.8. The van der Waals surface area contributed by atoms with Crippen LogP contribution in [0.2, 0.25) is 0 Å². The molecule has 2 heterocycles. The number of carbonyl (C=O) groups is 4. The van der Waals surface area contributed by atoms with Crippen LogP contribution in [0, 0.1) is 6.92 Å². The molecule has 9 nitrogen and oxygen atoms in total. The van der Waals surface area contributed by atoms with E-state index >= 15 is 0 Å². The van der Waals surface area contributed by atoms with Gasteiger partial charge in [0.05, 0.1) is 22.3 Å². The number of esters is 2. The van der Waals surface area contributed by atoms with E-state index in [0.717, 1.165) is 15.4 Å². The molecule has 4 aromatic carbocycles. The Morgan fingerprint density at radius 1 is 0.778 bits per heavy atom. The van der Waals surface area contributed by atoms with E-state index in [1.54, 1.807) is 84.9 Å². The number of benzene rings is 4. The maximum Gasteiger partial charge on any atom is 0.338 e. The molecule has 0 radical (unpaired) electrons. The van der Waals surface area contributed by atoms with Gasteiger partial charge in [0.15, 0.2) is 6.10 Å². The number of aliphatic hydroxyl groups excluding tert-OH is 1. The molecule has 2 aliphatic rings. The van der Waals surface area contributed by atoms with Gasteiger partial charge in [0, 0.05) is 4.90 Å².